The Morgan fingerprint density at radius 1 is 1.25 bits per heavy atom. The molecule has 16 heavy (non-hydrogen) atoms. The van der Waals surface area contributed by atoms with Gasteiger partial charge in [-0.2, -0.15) is 0 Å². The molecule has 3 heteroatoms. The van der Waals surface area contributed by atoms with Crippen LogP contribution in [0.3, 0.4) is 0 Å². The molecule has 0 bridgehead atoms. The first kappa shape index (κ1) is 11.8. The first-order valence-corrected chi connectivity index (χ1v) is 6.87. The van der Waals surface area contributed by atoms with Crippen LogP contribution in [0.2, 0.25) is 0 Å². The van der Waals surface area contributed by atoms with Crippen molar-refractivity contribution in [2.24, 2.45) is 0 Å². The van der Waals surface area contributed by atoms with Gasteiger partial charge in [0.15, 0.2) is 0 Å². The van der Waals surface area contributed by atoms with Crippen molar-refractivity contribution in [1.82, 2.24) is 5.32 Å². The number of benzene rings is 1. The molecule has 0 saturated heterocycles. The second-order valence-corrected chi connectivity index (χ2v) is 5.49. The zero-order valence-corrected chi connectivity index (χ0v) is 11.7. The minimum Gasteiger partial charge on any atom is -0.309 e. The van der Waals surface area contributed by atoms with E-state index < -0.39 is 0 Å². The van der Waals surface area contributed by atoms with E-state index in [1.807, 2.05) is 7.05 Å². The molecule has 0 radical (unpaired) electrons. The maximum Gasteiger partial charge on any atom is 0.0679 e. The zero-order chi connectivity index (χ0) is 11.5. The predicted octanol–water partition coefficient (Wildman–Crippen LogP) is 4.13. The summed E-state index contributed by atoms with van der Waals surface area (Å²) in [6, 6.07) is 10.9. The summed E-state index contributed by atoms with van der Waals surface area (Å²) in [6.07, 6.45) is 0. The molecule has 0 aliphatic rings. The van der Waals surface area contributed by atoms with Crippen molar-refractivity contribution in [2.45, 2.75) is 13.0 Å². The second-order valence-electron chi connectivity index (χ2n) is 3.72. The van der Waals surface area contributed by atoms with Gasteiger partial charge in [-0.15, -0.1) is 11.3 Å². The van der Waals surface area contributed by atoms with E-state index in [-0.39, 0.29) is 6.04 Å². The molecular weight excluding hydrogens is 282 g/mol. The van der Waals surface area contributed by atoms with Crippen molar-refractivity contribution in [3.05, 3.63) is 56.2 Å². The van der Waals surface area contributed by atoms with Crippen LogP contribution in [-0.2, 0) is 0 Å². The van der Waals surface area contributed by atoms with Gasteiger partial charge in [0.25, 0.3) is 0 Å². The fourth-order valence-electron chi connectivity index (χ4n) is 1.80. The topological polar surface area (TPSA) is 12.0 Å². The number of thiophene rings is 1. The Labute approximate surface area is 109 Å². The van der Waals surface area contributed by atoms with Gasteiger partial charge in [-0.25, -0.2) is 0 Å². The average Bonchev–Trinajstić information content (AvgIpc) is 2.79. The minimum atomic E-state index is 0.272. The summed E-state index contributed by atoms with van der Waals surface area (Å²) >= 11 is 5.45. The van der Waals surface area contributed by atoms with Crippen LogP contribution in [0, 0.1) is 6.92 Å². The minimum absolute atomic E-state index is 0.272. The second kappa shape index (κ2) is 5.13. The van der Waals surface area contributed by atoms with Crippen LogP contribution in [0.15, 0.2) is 40.2 Å². The Balaban J connectivity index is 2.45. The van der Waals surface area contributed by atoms with Crippen molar-refractivity contribution in [1.29, 1.82) is 0 Å². The standard InChI is InChI=1S/C13H14BrNS/c1-9-5-3-6-10(12(9)14)13(15-2)11-7-4-8-16-11/h3-8,13,15H,1-2H3. The largest absolute Gasteiger partial charge is 0.309 e. The van der Waals surface area contributed by atoms with Gasteiger partial charge >= 0.3 is 0 Å². The molecule has 0 fully saturated rings. The lowest BCUT2D eigenvalue weighted by atomic mass is 10.0. The number of nitrogens with one attached hydrogen (secondary N) is 1. The lowest BCUT2D eigenvalue weighted by Crippen LogP contribution is -2.17. The van der Waals surface area contributed by atoms with E-state index >= 15 is 0 Å². The molecule has 1 nitrogen and oxygen atoms in total. The molecule has 2 aromatic rings. The Morgan fingerprint density at radius 3 is 2.69 bits per heavy atom. The van der Waals surface area contributed by atoms with E-state index in [0.717, 1.165) is 0 Å². The number of halogens is 1. The number of rotatable bonds is 3. The van der Waals surface area contributed by atoms with Crippen molar-refractivity contribution in [3.8, 4) is 0 Å². The van der Waals surface area contributed by atoms with Crippen LogP contribution >= 0.6 is 27.3 Å². The van der Waals surface area contributed by atoms with Gasteiger partial charge in [0.05, 0.1) is 6.04 Å². The van der Waals surface area contributed by atoms with E-state index in [4.69, 9.17) is 0 Å². The van der Waals surface area contributed by atoms with Crippen LogP contribution in [0.4, 0.5) is 0 Å². The predicted molar refractivity (Wildman–Crippen MR) is 74.1 cm³/mol. The molecule has 0 amide bonds. The van der Waals surface area contributed by atoms with E-state index in [0.29, 0.717) is 0 Å². The highest BCUT2D eigenvalue weighted by Gasteiger charge is 2.16. The molecule has 0 aliphatic carbocycles. The molecule has 0 saturated carbocycles. The van der Waals surface area contributed by atoms with E-state index in [1.165, 1.54) is 20.5 Å². The van der Waals surface area contributed by atoms with Gasteiger partial charge in [0.1, 0.15) is 0 Å². The maximum atomic E-state index is 3.67. The zero-order valence-electron chi connectivity index (χ0n) is 9.33. The fourth-order valence-corrected chi connectivity index (χ4v) is 3.15. The molecule has 2 rings (SSSR count). The summed E-state index contributed by atoms with van der Waals surface area (Å²) in [6.45, 7) is 2.12. The first-order valence-electron chi connectivity index (χ1n) is 5.19. The quantitative estimate of drug-likeness (QED) is 0.898. The third kappa shape index (κ3) is 2.21. The van der Waals surface area contributed by atoms with Crippen LogP contribution in [-0.4, -0.2) is 7.05 Å². The highest BCUT2D eigenvalue weighted by Crippen LogP contribution is 2.32. The lowest BCUT2D eigenvalue weighted by molar-refractivity contribution is 0.700. The van der Waals surface area contributed by atoms with Gasteiger partial charge in [-0.1, -0.05) is 40.2 Å². The Hall–Kier alpha value is -0.640. The summed E-state index contributed by atoms with van der Waals surface area (Å²) in [7, 11) is 2.00. The highest BCUT2D eigenvalue weighted by molar-refractivity contribution is 9.10. The van der Waals surface area contributed by atoms with Crippen molar-refractivity contribution < 1.29 is 0 Å². The molecular formula is C13H14BrNS. The number of aryl methyl sites for hydroxylation is 1. The Kier molecular flexibility index (Phi) is 3.79. The van der Waals surface area contributed by atoms with Crippen LogP contribution < -0.4 is 5.32 Å². The Morgan fingerprint density at radius 2 is 2.06 bits per heavy atom. The number of hydrogen-bond donors (Lipinski definition) is 1. The molecule has 1 aromatic heterocycles. The van der Waals surface area contributed by atoms with Crippen molar-refractivity contribution in [2.75, 3.05) is 7.05 Å². The third-order valence-corrected chi connectivity index (χ3v) is 4.67. The van der Waals surface area contributed by atoms with Crippen LogP contribution in [0.1, 0.15) is 22.0 Å². The van der Waals surface area contributed by atoms with Gasteiger partial charge < -0.3 is 5.32 Å². The summed E-state index contributed by atoms with van der Waals surface area (Å²) in [5.41, 5.74) is 2.57. The summed E-state index contributed by atoms with van der Waals surface area (Å²) < 4.78 is 1.20. The van der Waals surface area contributed by atoms with Gasteiger partial charge in [-0.05, 0) is 36.5 Å². The molecule has 0 aliphatic heterocycles. The van der Waals surface area contributed by atoms with Crippen LogP contribution in [0.5, 0.6) is 0 Å². The molecule has 1 N–H and O–H groups in total. The number of hydrogen-bond acceptors (Lipinski definition) is 2. The molecule has 1 heterocycles. The van der Waals surface area contributed by atoms with Gasteiger partial charge in [0.2, 0.25) is 0 Å². The first-order chi connectivity index (χ1) is 7.74. The maximum absolute atomic E-state index is 3.67. The monoisotopic (exact) mass is 295 g/mol. The lowest BCUT2D eigenvalue weighted by Gasteiger charge is -2.17. The highest BCUT2D eigenvalue weighted by atomic mass is 79.9. The Bertz CT molecular complexity index is 465. The average molecular weight is 296 g/mol. The third-order valence-electron chi connectivity index (χ3n) is 2.65. The van der Waals surface area contributed by atoms with Crippen molar-refractivity contribution in [3.63, 3.8) is 0 Å². The molecule has 0 spiro atoms. The van der Waals surface area contributed by atoms with Crippen LogP contribution in [0.25, 0.3) is 0 Å². The molecule has 1 unspecified atom stereocenters. The summed E-state index contributed by atoms with van der Waals surface area (Å²) in [5, 5.41) is 5.48. The smallest absolute Gasteiger partial charge is 0.0679 e. The molecule has 1 aromatic carbocycles. The normalized spacial score (nSPS) is 12.7. The SMILES string of the molecule is CNC(c1cccs1)c1cccc(C)c1Br. The summed E-state index contributed by atoms with van der Waals surface area (Å²) in [4.78, 5) is 1.34. The molecule has 84 valence electrons. The van der Waals surface area contributed by atoms with E-state index in [2.05, 4.69) is 63.9 Å². The van der Waals surface area contributed by atoms with Gasteiger partial charge in [-0.3, -0.25) is 0 Å². The van der Waals surface area contributed by atoms with Crippen molar-refractivity contribution >= 4 is 27.3 Å². The summed E-state index contributed by atoms with van der Waals surface area (Å²) in [5.74, 6) is 0. The fraction of sp³-hybridized carbons (Fsp3) is 0.231. The van der Waals surface area contributed by atoms with E-state index in [1.54, 1.807) is 11.3 Å². The van der Waals surface area contributed by atoms with Gasteiger partial charge in [0, 0.05) is 9.35 Å². The molecule has 1 atom stereocenters. The van der Waals surface area contributed by atoms with E-state index in [9.17, 15) is 0 Å².